The first-order chi connectivity index (χ1) is 10.7. The Kier molecular flexibility index (Phi) is 3.78. The second-order valence-corrected chi connectivity index (χ2v) is 4.64. The number of aromatic nitrogens is 2. The molecule has 1 heterocycles. The monoisotopic (exact) mass is 291 g/mol. The average molecular weight is 291 g/mol. The fourth-order valence-corrected chi connectivity index (χ4v) is 2.00. The number of nitrogens with zero attached hydrogens (tertiary/aromatic N) is 2. The molecule has 5 heteroatoms. The zero-order valence-corrected chi connectivity index (χ0v) is 11.6. The number of aromatic carboxylic acids is 1. The van der Waals surface area contributed by atoms with Crippen molar-refractivity contribution in [2.24, 2.45) is 0 Å². The minimum atomic E-state index is -0.944. The highest BCUT2D eigenvalue weighted by atomic mass is 16.4. The van der Waals surface area contributed by atoms with Crippen LogP contribution in [0.25, 0.3) is 11.4 Å². The summed E-state index contributed by atoms with van der Waals surface area (Å²) in [6.07, 6.45) is 1.68. The Morgan fingerprint density at radius 3 is 2.36 bits per heavy atom. The molecule has 2 aromatic carbocycles. The quantitative estimate of drug-likeness (QED) is 0.768. The summed E-state index contributed by atoms with van der Waals surface area (Å²) >= 11 is 0. The van der Waals surface area contributed by atoms with Crippen molar-refractivity contribution in [3.8, 4) is 11.4 Å². The third-order valence-corrected chi connectivity index (χ3v) is 3.09. The van der Waals surface area contributed by atoms with Gasteiger partial charge in [-0.2, -0.15) is 0 Å². The van der Waals surface area contributed by atoms with E-state index in [1.807, 2.05) is 30.3 Å². The molecule has 2 N–H and O–H groups in total. The van der Waals surface area contributed by atoms with E-state index in [-0.39, 0.29) is 5.56 Å². The molecule has 0 aliphatic rings. The van der Waals surface area contributed by atoms with Gasteiger partial charge in [0.25, 0.3) is 0 Å². The SMILES string of the molecule is O=C(O)c1ccc(Nc2ccnc(-c3ccccc3)n2)cc1. The summed E-state index contributed by atoms with van der Waals surface area (Å²) in [5.41, 5.74) is 1.95. The zero-order valence-electron chi connectivity index (χ0n) is 11.6. The van der Waals surface area contributed by atoms with Crippen molar-refractivity contribution >= 4 is 17.5 Å². The van der Waals surface area contributed by atoms with Crippen LogP contribution in [0.4, 0.5) is 11.5 Å². The van der Waals surface area contributed by atoms with Gasteiger partial charge in [0.2, 0.25) is 0 Å². The van der Waals surface area contributed by atoms with E-state index in [2.05, 4.69) is 15.3 Å². The Hall–Kier alpha value is -3.21. The van der Waals surface area contributed by atoms with Crippen molar-refractivity contribution in [3.05, 3.63) is 72.4 Å². The van der Waals surface area contributed by atoms with Crippen molar-refractivity contribution in [1.82, 2.24) is 9.97 Å². The first-order valence-corrected chi connectivity index (χ1v) is 6.71. The van der Waals surface area contributed by atoms with E-state index in [1.165, 1.54) is 0 Å². The molecule has 0 bridgehead atoms. The van der Waals surface area contributed by atoms with Gasteiger partial charge in [-0.05, 0) is 30.3 Å². The topological polar surface area (TPSA) is 75.1 Å². The molecular weight excluding hydrogens is 278 g/mol. The Morgan fingerprint density at radius 1 is 0.955 bits per heavy atom. The number of hydrogen-bond donors (Lipinski definition) is 2. The van der Waals surface area contributed by atoms with Gasteiger partial charge in [0.1, 0.15) is 5.82 Å². The molecule has 1 aromatic heterocycles. The van der Waals surface area contributed by atoms with E-state index in [0.29, 0.717) is 11.6 Å². The second kappa shape index (κ2) is 6.05. The molecule has 0 aliphatic heterocycles. The lowest BCUT2D eigenvalue weighted by Crippen LogP contribution is -1.98. The molecule has 0 atom stereocenters. The maximum Gasteiger partial charge on any atom is 0.335 e. The number of carbonyl (C=O) groups is 1. The summed E-state index contributed by atoms with van der Waals surface area (Å²) < 4.78 is 0. The maximum absolute atomic E-state index is 10.8. The van der Waals surface area contributed by atoms with Crippen LogP contribution in [0, 0.1) is 0 Å². The molecule has 5 nitrogen and oxygen atoms in total. The van der Waals surface area contributed by atoms with Crippen molar-refractivity contribution in [3.63, 3.8) is 0 Å². The average Bonchev–Trinajstić information content (AvgIpc) is 2.56. The predicted octanol–water partition coefficient (Wildman–Crippen LogP) is 3.59. The molecule has 108 valence electrons. The summed E-state index contributed by atoms with van der Waals surface area (Å²) in [4.78, 5) is 19.5. The minimum Gasteiger partial charge on any atom is -0.478 e. The van der Waals surface area contributed by atoms with Crippen LogP contribution in [-0.4, -0.2) is 21.0 Å². The van der Waals surface area contributed by atoms with Crippen molar-refractivity contribution in [1.29, 1.82) is 0 Å². The molecule has 0 amide bonds. The number of rotatable bonds is 4. The smallest absolute Gasteiger partial charge is 0.335 e. The van der Waals surface area contributed by atoms with E-state index in [1.54, 1.807) is 36.5 Å². The number of benzene rings is 2. The third-order valence-electron chi connectivity index (χ3n) is 3.09. The summed E-state index contributed by atoms with van der Waals surface area (Å²) in [7, 11) is 0. The van der Waals surface area contributed by atoms with Gasteiger partial charge >= 0.3 is 5.97 Å². The molecule has 0 spiro atoms. The van der Waals surface area contributed by atoms with Crippen LogP contribution in [0.2, 0.25) is 0 Å². The van der Waals surface area contributed by atoms with E-state index in [4.69, 9.17) is 5.11 Å². The Bertz CT molecular complexity index is 787. The van der Waals surface area contributed by atoms with Gasteiger partial charge in [-0.1, -0.05) is 30.3 Å². The molecule has 0 unspecified atom stereocenters. The summed E-state index contributed by atoms with van der Waals surface area (Å²) in [6, 6.07) is 18.0. The largest absolute Gasteiger partial charge is 0.478 e. The molecule has 0 radical (unpaired) electrons. The highest BCUT2D eigenvalue weighted by Gasteiger charge is 2.04. The molecule has 0 saturated heterocycles. The van der Waals surface area contributed by atoms with Gasteiger partial charge in [-0.15, -0.1) is 0 Å². The highest BCUT2D eigenvalue weighted by Crippen LogP contribution is 2.19. The van der Waals surface area contributed by atoms with Crippen molar-refractivity contribution < 1.29 is 9.90 Å². The third kappa shape index (κ3) is 3.09. The van der Waals surface area contributed by atoms with Gasteiger partial charge in [-0.25, -0.2) is 14.8 Å². The first kappa shape index (κ1) is 13.8. The highest BCUT2D eigenvalue weighted by molar-refractivity contribution is 5.88. The Labute approximate surface area is 127 Å². The number of carboxylic acids is 1. The van der Waals surface area contributed by atoms with E-state index < -0.39 is 5.97 Å². The fraction of sp³-hybridized carbons (Fsp3) is 0. The normalized spacial score (nSPS) is 10.2. The summed E-state index contributed by atoms with van der Waals surface area (Å²) in [5, 5.41) is 12.0. The number of hydrogen-bond acceptors (Lipinski definition) is 4. The zero-order chi connectivity index (χ0) is 15.4. The van der Waals surface area contributed by atoms with Gasteiger partial charge < -0.3 is 10.4 Å². The van der Waals surface area contributed by atoms with Gasteiger partial charge in [0, 0.05) is 17.4 Å². The van der Waals surface area contributed by atoms with Crippen molar-refractivity contribution in [2.45, 2.75) is 0 Å². The summed E-state index contributed by atoms with van der Waals surface area (Å²) in [5.74, 6) is 0.338. The van der Waals surface area contributed by atoms with Crippen LogP contribution in [0.15, 0.2) is 66.9 Å². The molecule has 0 aliphatic carbocycles. The van der Waals surface area contributed by atoms with Crippen LogP contribution in [0.1, 0.15) is 10.4 Å². The first-order valence-electron chi connectivity index (χ1n) is 6.71. The molecule has 3 aromatic rings. The van der Waals surface area contributed by atoms with E-state index in [0.717, 1.165) is 11.3 Å². The minimum absolute atomic E-state index is 0.248. The fourth-order valence-electron chi connectivity index (χ4n) is 2.00. The molecular formula is C17H13N3O2. The number of carboxylic acid groups (broad SMARTS) is 1. The van der Waals surface area contributed by atoms with Gasteiger partial charge in [0.05, 0.1) is 5.56 Å². The van der Waals surface area contributed by atoms with Gasteiger partial charge in [-0.3, -0.25) is 0 Å². The van der Waals surface area contributed by atoms with Crippen LogP contribution in [0.5, 0.6) is 0 Å². The van der Waals surface area contributed by atoms with Crippen LogP contribution in [-0.2, 0) is 0 Å². The van der Waals surface area contributed by atoms with Gasteiger partial charge in [0.15, 0.2) is 5.82 Å². The van der Waals surface area contributed by atoms with E-state index >= 15 is 0 Å². The molecule has 22 heavy (non-hydrogen) atoms. The Balaban J connectivity index is 1.82. The Morgan fingerprint density at radius 2 is 1.68 bits per heavy atom. The lowest BCUT2D eigenvalue weighted by Gasteiger charge is -2.07. The number of anilines is 2. The number of nitrogens with one attached hydrogen (secondary N) is 1. The predicted molar refractivity (Wildman–Crippen MR) is 84.2 cm³/mol. The molecule has 3 rings (SSSR count). The summed E-state index contributed by atoms with van der Waals surface area (Å²) in [6.45, 7) is 0. The lowest BCUT2D eigenvalue weighted by atomic mass is 10.2. The lowest BCUT2D eigenvalue weighted by molar-refractivity contribution is 0.0697. The van der Waals surface area contributed by atoms with E-state index in [9.17, 15) is 4.79 Å². The standard InChI is InChI=1S/C17H13N3O2/c21-17(22)13-6-8-14(9-7-13)19-15-10-11-18-16(20-15)12-4-2-1-3-5-12/h1-11H,(H,21,22)(H,18,19,20). The van der Waals surface area contributed by atoms with Crippen LogP contribution >= 0.6 is 0 Å². The molecule has 0 fully saturated rings. The van der Waals surface area contributed by atoms with Crippen LogP contribution < -0.4 is 5.32 Å². The second-order valence-electron chi connectivity index (χ2n) is 4.64. The maximum atomic E-state index is 10.8. The molecule has 0 saturated carbocycles. The van der Waals surface area contributed by atoms with Crippen LogP contribution in [0.3, 0.4) is 0 Å². The van der Waals surface area contributed by atoms with Crippen molar-refractivity contribution in [2.75, 3.05) is 5.32 Å².